The quantitative estimate of drug-likeness (QED) is 0.823. The van der Waals surface area contributed by atoms with Gasteiger partial charge in [-0.2, -0.15) is 13.2 Å². The van der Waals surface area contributed by atoms with Crippen molar-refractivity contribution in [1.82, 2.24) is 4.90 Å². The van der Waals surface area contributed by atoms with E-state index in [9.17, 15) is 26.4 Å². The van der Waals surface area contributed by atoms with Crippen molar-refractivity contribution >= 4 is 15.8 Å². The smallest absolute Gasteiger partial charge is 0.406 e. The molecule has 118 valence electrons. The number of carboxylic acid groups (broad SMARTS) is 1. The Morgan fingerprint density at radius 2 is 1.95 bits per heavy atom. The molecule has 1 atom stereocenters. The molecule has 1 heterocycles. The van der Waals surface area contributed by atoms with Crippen LogP contribution < -0.4 is 0 Å². The van der Waals surface area contributed by atoms with Gasteiger partial charge in [-0.25, -0.2) is 8.42 Å². The summed E-state index contributed by atoms with van der Waals surface area (Å²) in [6.45, 7) is 2.15. The van der Waals surface area contributed by atoms with Crippen LogP contribution in [-0.2, 0) is 14.6 Å². The fourth-order valence-electron chi connectivity index (χ4n) is 2.10. The van der Waals surface area contributed by atoms with Crippen LogP contribution in [0.15, 0.2) is 0 Å². The van der Waals surface area contributed by atoms with Crippen molar-refractivity contribution in [3.8, 4) is 0 Å². The molecule has 9 heteroatoms. The molecule has 0 aromatic heterocycles. The molecule has 0 aliphatic carbocycles. The number of hydrogen-bond acceptors (Lipinski definition) is 4. The monoisotopic (exact) mass is 317 g/mol. The molecular weight excluding hydrogens is 299 g/mol. The molecule has 1 N–H and O–H groups in total. The first-order chi connectivity index (χ1) is 8.92. The highest BCUT2D eigenvalue weighted by molar-refractivity contribution is 7.92. The molecule has 1 saturated heterocycles. The summed E-state index contributed by atoms with van der Waals surface area (Å²) in [5, 5.41) is 8.27. The first kappa shape index (κ1) is 17.2. The van der Waals surface area contributed by atoms with E-state index >= 15 is 0 Å². The summed E-state index contributed by atoms with van der Waals surface area (Å²) < 4.78 is 62.0. The summed E-state index contributed by atoms with van der Waals surface area (Å²) in [5.74, 6) is -2.17. The van der Waals surface area contributed by atoms with Gasteiger partial charge in [0.25, 0.3) is 0 Å². The second-order valence-corrected chi connectivity index (χ2v) is 8.00. The van der Waals surface area contributed by atoms with E-state index in [1.165, 1.54) is 18.7 Å². The van der Waals surface area contributed by atoms with Crippen LogP contribution in [0.2, 0.25) is 0 Å². The van der Waals surface area contributed by atoms with Crippen molar-refractivity contribution in [3.05, 3.63) is 0 Å². The number of aliphatic carboxylic acids is 1. The number of rotatable bonds is 5. The fraction of sp³-hybridized carbons (Fsp3) is 0.909. The topological polar surface area (TPSA) is 74.7 Å². The minimum absolute atomic E-state index is 0.0700. The zero-order valence-electron chi connectivity index (χ0n) is 11.3. The lowest BCUT2D eigenvalue weighted by Gasteiger charge is -2.27. The van der Waals surface area contributed by atoms with Crippen LogP contribution >= 0.6 is 0 Å². The van der Waals surface area contributed by atoms with E-state index in [1.807, 2.05) is 0 Å². The maximum atomic E-state index is 12.9. The summed E-state index contributed by atoms with van der Waals surface area (Å²) in [4.78, 5) is 12.2. The van der Waals surface area contributed by atoms with E-state index in [0.717, 1.165) is 0 Å². The fourth-order valence-corrected chi connectivity index (χ4v) is 3.08. The number of sulfone groups is 1. The first-order valence-electron chi connectivity index (χ1n) is 6.16. The van der Waals surface area contributed by atoms with Gasteiger partial charge in [-0.3, -0.25) is 4.79 Å². The summed E-state index contributed by atoms with van der Waals surface area (Å²) in [7, 11) is -3.35. The molecule has 0 bridgehead atoms. The van der Waals surface area contributed by atoms with Crippen molar-refractivity contribution in [3.63, 3.8) is 0 Å². The van der Waals surface area contributed by atoms with E-state index < -0.39 is 45.6 Å². The molecule has 0 aromatic carbocycles. The van der Waals surface area contributed by atoms with E-state index in [2.05, 4.69) is 0 Å². The lowest BCUT2D eigenvalue weighted by Crippen LogP contribution is -2.47. The minimum Gasteiger partial charge on any atom is -0.481 e. The van der Waals surface area contributed by atoms with E-state index in [-0.39, 0.29) is 18.8 Å². The van der Waals surface area contributed by atoms with Gasteiger partial charge in [0.05, 0.1) is 11.0 Å². The van der Waals surface area contributed by atoms with Crippen LogP contribution in [0.3, 0.4) is 0 Å². The van der Waals surface area contributed by atoms with Gasteiger partial charge >= 0.3 is 12.1 Å². The molecule has 0 radical (unpaired) electrons. The van der Waals surface area contributed by atoms with Gasteiger partial charge in [0.2, 0.25) is 0 Å². The second-order valence-electron chi connectivity index (χ2n) is 5.33. The Morgan fingerprint density at radius 1 is 1.40 bits per heavy atom. The zero-order chi connectivity index (χ0) is 15.8. The van der Waals surface area contributed by atoms with Crippen molar-refractivity contribution in [1.29, 1.82) is 0 Å². The molecule has 5 nitrogen and oxygen atoms in total. The van der Waals surface area contributed by atoms with Crippen molar-refractivity contribution < 1.29 is 31.5 Å². The molecular formula is C11H18F3NO4S. The van der Waals surface area contributed by atoms with Crippen LogP contribution in [0.1, 0.15) is 20.3 Å². The number of nitrogens with zero attached hydrogens (tertiary/aromatic N) is 1. The molecule has 1 fully saturated rings. The van der Waals surface area contributed by atoms with E-state index in [4.69, 9.17) is 5.11 Å². The summed E-state index contributed by atoms with van der Waals surface area (Å²) >= 11 is 0. The van der Waals surface area contributed by atoms with Gasteiger partial charge in [-0.1, -0.05) is 0 Å². The average Bonchev–Trinajstić information content (AvgIpc) is 2.71. The predicted octanol–water partition coefficient (Wildman–Crippen LogP) is 1.15. The van der Waals surface area contributed by atoms with Gasteiger partial charge in [0.15, 0.2) is 15.3 Å². The van der Waals surface area contributed by atoms with Crippen LogP contribution in [0.25, 0.3) is 0 Å². The Kier molecular flexibility index (Phi) is 4.75. The highest BCUT2D eigenvalue weighted by Gasteiger charge is 2.63. The van der Waals surface area contributed by atoms with E-state index in [1.54, 1.807) is 0 Å². The third-order valence-electron chi connectivity index (χ3n) is 3.71. The molecule has 1 rings (SSSR count). The molecule has 20 heavy (non-hydrogen) atoms. The third-order valence-corrected chi connectivity index (χ3v) is 5.90. The Labute approximate surface area is 115 Å². The number of likely N-dealkylation sites (tertiary alicyclic amines) is 1. The normalized spacial score (nSPS) is 25.3. The molecule has 0 spiro atoms. The molecule has 0 aromatic rings. The van der Waals surface area contributed by atoms with Crippen LogP contribution in [0.4, 0.5) is 13.2 Å². The third kappa shape index (κ3) is 3.25. The lowest BCUT2D eigenvalue weighted by molar-refractivity contribution is -0.227. The Morgan fingerprint density at radius 3 is 2.30 bits per heavy atom. The first-order valence-corrected chi connectivity index (χ1v) is 7.88. The SMILES string of the molecule is CC(C)S(=O)(=O)CCN1CCC(C(=O)O)(C(F)(F)F)C1. The standard InChI is InChI=1S/C11H18F3NO4S/c1-8(2)20(18,19)6-5-15-4-3-10(7-15,9(16)17)11(12,13)14/h8H,3-7H2,1-2H3,(H,16,17). The number of halogens is 3. The van der Waals surface area contributed by atoms with Crippen LogP contribution in [0.5, 0.6) is 0 Å². The molecule has 0 amide bonds. The zero-order valence-corrected chi connectivity index (χ0v) is 12.1. The summed E-state index contributed by atoms with van der Waals surface area (Å²) in [6.07, 6.45) is -5.39. The maximum Gasteiger partial charge on any atom is 0.406 e. The minimum atomic E-state index is -4.84. The highest BCUT2D eigenvalue weighted by Crippen LogP contribution is 2.45. The Balaban J connectivity index is 2.75. The van der Waals surface area contributed by atoms with Gasteiger partial charge in [0, 0.05) is 13.1 Å². The maximum absolute atomic E-state index is 12.9. The summed E-state index contributed by atoms with van der Waals surface area (Å²) in [5.41, 5.74) is -2.78. The number of alkyl halides is 3. The molecule has 1 aliphatic heterocycles. The van der Waals surface area contributed by atoms with Crippen molar-refractivity contribution in [2.75, 3.05) is 25.4 Å². The van der Waals surface area contributed by atoms with Gasteiger partial charge in [-0.15, -0.1) is 0 Å². The molecule has 1 unspecified atom stereocenters. The van der Waals surface area contributed by atoms with Gasteiger partial charge < -0.3 is 10.0 Å². The van der Waals surface area contributed by atoms with Crippen molar-refractivity contribution in [2.45, 2.75) is 31.7 Å². The number of carboxylic acids is 1. The van der Waals surface area contributed by atoms with Crippen LogP contribution in [0, 0.1) is 5.41 Å². The second kappa shape index (κ2) is 5.51. The number of carbonyl (C=O) groups is 1. The van der Waals surface area contributed by atoms with E-state index in [0.29, 0.717) is 0 Å². The largest absolute Gasteiger partial charge is 0.481 e. The average molecular weight is 317 g/mol. The molecule has 0 saturated carbocycles. The summed E-state index contributed by atoms with van der Waals surface area (Å²) in [6, 6.07) is 0. The van der Waals surface area contributed by atoms with Gasteiger partial charge in [-0.05, 0) is 26.8 Å². The van der Waals surface area contributed by atoms with Gasteiger partial charge in [0.1, 0.15) is 0 Å². The van der Waals surface area contributed by atoms with Crippen LogP contribution in [-0.4, -0.2) is 61.2 Å². The highest BCUT2D eigenvalue weighted by atomic mass is 32.2. The Bertz CT molecular complexity index is 475. The lowest BCUT2D eigenvalue weighted by atomic mass is 9.86. The predicted molar refractivity (Wildman–Crippen MR) is 66.1 cm³/mol. The Hall–Kier alpha value is -0.830. The molecule has 1 aliphatic rings. The number of hydrogen-bond donors (Lipinski definition) is 1. The van der Waals surface area contributed by atoms with Crippen molar-refractivity contribution in [2.24, 2.45) is 5.41 Å².